The van der Waals surface area contributed by atoms with Gasteiger partial charge in [-0.3, -0.25) is 0 Å². The van der Waals surface area contributed by atoms with E-state index in [0.717, 1.165) is 12.2 Å². The quantitative estimate of drug-likeness (QED) is 0.778. The molecule has 2 nitrogen and oxygen atoms in total. The highest BCUT2D eigenvalue weighted by molar-refractivity contribution is 5.42. The molecule has 14 heavy (non-hydrogen) atoms. The number of benzene rings is 1. The van der Waals surface area contributed by atoms with Crippen LogP contribution >= 0.6 is 0 Å². The van der Waals surface area contributed by atoms with Crippen molar-refractivity contribution in [2.24, 2.45) is 5.73 Å². The molecule has 1 aliphatic heterocycles. The van der Waals surface area contributed by atoms with Gasteiger partial charge in [0, 0.05) is 11.5 Å². The van der Waals surface area contributed by atoms with Gasteiger partial charge in [0.25, 0.3) is 0 Å². The highest BCUT2D eigenvalue weighted by atomic mass is 16.5. The maximum Gasteiger partial charge on any atom is 0.123 e. The van der Waals surface area contributed by atoms with E-state index in [9.17, 15) is 0 Å². The normalized spacial score (nSPS) is 22.9. The Morgan fingerprint density at radius 3 is 2.79 bits per heavy atom. The molecule has 76 valence electrons. The van der Waals surface area contributed by atoms with Crippen molar-refractivity contribution in [2.75, 3.05) is 6.54 Å². The van der Waals surface area contributed by atoms with E-state index in [0.29, 0.717) is 12.5 Å². The van der Waals surface area contributed by atoms with Crippen molar-refractivity contribution >= 4 is 0 Å². The molecule has 1 aromatic rings. The van der Waals surface area contributed by atoms with Crippen LogP contribution < -0.4 is 10.5 Å². The van der Waals surface area contributed by atoms with Crippen molar-refractivity contribution in [3.63, 3.8) is 0 Å². The molecule has 0 aliphatic carbocycles. The van der Waals surface area contributed by atoms with Crippen LogP contribution in [0.15, 0.2) is 24.3 Å². The number of rotatable bonds is 2. The second-order valence-electron chi connectivity index (χ2n) is 4.37. The first-order valence-corrected chi connectivity index (χ1v) is 5.13. The Balaban J connectivity index is 2.37. The molecular weight excluding hydrogens is 174 g/mol. The smallest absolute Gasteiger partial charge is 0.123 e. The van der Waals surface area contributed by atoms with Crippen LogP contribution in [0.1, 0.15) is 31.7 Å². The molecule has 1 aromatic carbocycles. The Bertz CT molecular complexity index is 333. The molecule has 2 heteroatoms. The van der Waals surface area contributed by atoms with Crippen LogP contribution in [-0.4, -0.2) is 12.1 Å². The third-order valence-corrected chi connectivity index (χ3v) is 2.96. The summed E-state index contributed by atoms with van der Waals surface area (Å²) >= 11 is 0. The van der Waals surface area contributed by atoms with Gasteiger partial charge in [0.2, 0.25) is 0 Å². The van der Waals surface area contributed by atoms with E-state index in [4.69, 9.17) is 10.5 Å². The first kappa shape index (κ1) is 9.53. The van der Waals surface area contributed by atoms with E-state index in [-0.39, 0.29) is 5.60 Å². The molecule has 2 N–H and O–H groups in total. The fraction of sp³-hybridized carbons (Fsp3) is 0.500. The van der Waals surface area contributed by atoms with E-state index in [1.807, 2.05) is 12.1 Å². The van der Waals surface area contributed by atoms with Crippen LogP contribution in [0, 0.1) is 0 Å². The summed E-state index contributed by atoms with van der Waals surface area (Å²) in [6.45, 7) is 4.98. The van der Waals surface area contributed by atoms with Gasteiger partial charge >= 0.3 is 0 Å². The predicted octanol–water partition coefficient (Wildman–Crippen LogP) is 2.29. The molecule has 0 saturated heterocycles. The number of hydrogen-bond donors (Lipinski definition) is 1. The molecule has 1 aliphatic rings. The van der Waals surface area contributed by atoms with Crippen molar-refractivity contribution in [1.82, 2.24) is 0 Å². The van der Waals surface area contributed by atoms with Gasteiger partial charge in [0.1, 0.15) is 11.4 Å². The second kappa shape index (κ2) is 3.28. The monoisotopic (exact) mass is 191 g/mol. The Morgan fingerprint density at radius 2 is 2.07 bits per heavy atom. The van der Waals surface area contributed by atoms with Crippen LogP contribution in [0.2, 0.25) is 0 Å². The number of para-hydroxylation sites is 1. The van der Waals surface area contributed by atoms with Crippen molar-refractivity contribution < 1.29 is 4.74 Å². The van der Waals surface area contributed by atoms with E-state index >= 15 is 0 Å². The number of nitrogens with two attached hydrogens (primary N) is 1. The van der Waals surface area contributed by atoms with Crippen molar-refractivity contribution in [2.45, 2.75) is 31.8 Å². The van der Waals surface area contributed by atoms with Crippen LogP contribution in [-0.2, 0) is 0 Å². The summed E-state index contributed by atoms with van der Waals surface area (Å²) in [5.41, 5.74) is 6.83. The van der Waals surface area contributed by atoms with Gasteiger partial charge in [-0.05, 0) is 32.9 Å². The lowest BCUT2D eigenvalue weighted by molar-refractivity contribution is 0.107. The van der Waals surface area contributed by atoms with Gasteiger partial charge in [-0.15, -0.1) is 0 Å². The summed E-state index contributed by atoms with van der Waals surface area (Å²) in [7, 11) is 0. The van der Waals surface area contributed by atoms with Crippen LogP contribution in [0.25, 0.3) is 0 Å². The fourth-order valence-electron chi connectivity index (χ4n) is 2.26. The predicted molar refractivity (Wildman–Crippen MR) is 57.6 cm³/mol. The average Bonchev–Trinajstić information content (AvgIpc) is 2.39. The van der Waals surface area contributed by atoms with E-state index < -0.39 is 0 Å². The van der Waals surface area contributed by atoms with Crippen molar-refractivity contribution in [1.29, 1.82) is 0 Å². The van der Waals surface area contributed by atoms with Crippen LogP contribution in [0.5, 0.6) is 5.75 Å². The maximum absolute atomic E-state index is 5.90. The molecule has 1 unspecified atom stereocenters. The molecule has 0 saturated carbocycles. The lowest BCUT2D eigenvalue weighted by Gasteiger charge is -2.25. The summed E-state index contributed by atoms with van der Waals surface area (Å²) in [5, 5.41) is 0. The third-order valence-electron chi connectivity index (χ3n) is 2.96. The highest BCUT2D eigenvalue weighted by Gasteiger charge is 2.39. The van der Waals surface area contributed by atoms with Gasteiger partial charge in [-0.2, -0.15) is 0 Å². The minimum absolute atomic E-state index is 0.108. The maximum atomic E-state index is 5.90. The van der Waals surface area contributed by atoms with Crippen LogP contribution in [0.3, 0.4) is 0 Å². The molecule has 0 bridgehead atoms. The SMILES string of the molecule is CC1(C)Oc2ccccc2C1CCN. The van der Waals surface area contributed by atoms with Gasteiger partial charge in [0.05, 0.1) is 0 Å². The average molecular weight is 191 g/mol. The summed E-state index contributed by atoms with van der Waals surface area (Å²) in [6.07, 6.45) is 0.990. The first-order chi connectivity index (χ1) is 6.65. The van der Waals surface area contributed by atoms with Gasteiger partial charge in [-0.1, -0.05) is 18.2 Å². The van der Waals surface area contributed by atoms with E-state index in [1.54, 1.807) is 0 Å². The topological polar surface area (TPSA) is 35.2 Å². The standard InChI is InChI=1S/C12H17NO/c1-12(2)10(7-8-13)9-5-3-4-6-11(9)14-12/h3-6,10H,7-8,13H2,1-2H3. The van der Waals surface area contributed by atoms with Crippen molar-refractivity contribution in [3.8, 4) is 5.75 Å². The van der Waals surface area contributed by atoms with E-state index in [2.05, 4.69) is 26.0 Å². The minimum Gasteiger partial charge on any atom is -0.487 e. The highest BCUT2D eigenvalue weighted by Crippen LogP contribution is 2.45. The Morgan fingerprint density at radius 1 is 1.36 bits per heavy atom. The van der Waals surface area contributed by atoms with Crippen LogP contribution in [0.4, 0.5) is 0 Å². The van der Waals surface area contributed by atoms with Gasteiger partial charge in [0.15, 0.2) is 0 Å². The Labute approximate surface area is 85.1 Å². The molecule has 0 fully saturated rings. The molecule has 2 rings (SSSR count). The molecule has 0 spiro atoms. The molecule has 1 atom stereocenters. The molecule has 1 heterocycles. The van der Waals surface area contributed by atoms with Gasteiger partial charge < -0.3 is 10.5 Å². The zero-order valence-corrected chi connectivity index (χ0v) is 8.79. The number of fused-ring (bicyclic) bond motifs is 1. The summed E-state index contributed by atoms with van der Waals surface area (Å²) in [5.74, 6) is 1.46. The summed E-state index contributed by atoms with van der Waals surface area (Å²) < 4.78 is 5.90. The third kappa shape index (κ3) is 1.40. The zero-order chi connectivity index (χ0) is 10.2. The molecule has 0 aromatic heterocycles. The minimum atomic E-state index is -0.108. The summed E-state index contributed by atoms with van der Waals surface area (Å²) in [6, 6.07) is 8.25. The first-order valence-electron chi connectivity index (χ1n) is 5.13. The largest absolute Gasteiger partial charge is 0.487 e. The molecule has 0 radical (unpaired) electrons. The molecule has 0 amide bonds. The zero-order valence-electron chi connectivity index (χ0n) is 8.79. The van der Waals surface area contributed by atoms with E-state index in [1.165, 1.54) is 5.56 Å². The molecular formula is C12H17NO. The Kier molecular flexibility index (Phi) is 2.23. The number of ether oxygens (including phenoxy) is 1. The fourth-order valence-corrected chi connectivity index (χ4v) is 2.26. The Hall–Kier alpha value is -1.02. The second-order valence-corrected chi connectivity index (χ2v) is 4.37. The summed E-state index contributed by atoms with van der Waals surface area (Å²) in [4.78, 5) is 0. The number of hydrogen-bond acceptors (Lipinski definition) is 2. The van der Waals surface area contributed by atoms with Crippen molar-refractivity contribution in [3.05, 3.63) is 29.8 Å². The lowest BCUT2D eigenvalue weighted by atomic mass is 9.84. The lowest BCUT2D eigenvalue weighted by Crippen LogP contribution is -2.31. The van der Waals surface area contributed by atoms with Gasteiger partial charge in [-0.25, -0.2) is 0 Å².